The molecule has 0 bridgehead atoms. The van der Waals surface area contributed by atoms with Gasteiger partial charge in [0.05, 0.1) is 6.20 Å². The largest absolute Gasteiger partial charge is 0.445 e. The summed E-state index contributed by atoms with van der Waals surface area (Å²) in [5.41, 5.74) is 8.57. The maximum Gasteiger partial charge on any atom is 0.227 e. The first-order valence-corrected chi connectivity index (χ1v) is 7.20. The maximum atomic E-state index is 12.2. The van der Waals surface area contributed by atoms with E-state index in [1.54, 1.807) is 12.5 Å². The number of nitrogens with one attached hydrogen (secondary N) is 1. The quantitative estimate of drug-likeness (QED) is 0.908. The van der Waals surface area contributed by atoms with E-state index in [1.807, 2.05) is 25.1 Å². The Hall–Kier alpha value is -2.14. The third-order valence-electron chi connectivity index (χ3n) is 4.01. The molecule has 1 saturated carbocycles. The molecule has 3 N–H and O–H groups in total. The lowest BCUT2D eigenvalue weighted by molar-refractivity contribution is -0.119. The van der Waals surface area contributed by atoms with E-state index in [0.29, 0.717) is 5.89 Å². The van der Waals surface area contributed by atoms with Crippen LogP contribution in [0.15, 0.2) is 35.1 Å². The molecule has 0 saturated heterocycles. The van der Waals surface area contributed by atoms with Gasteiger partial charge in [-0.3, -0.25) is 4.79 Å². The summed E-state index contributed by atoms with van der Waals surface area (Å²) in [6.45, 7) is 1.99. The van der Waals surface area contributed by atoms with Gasteiger partial charge in [-0.15, -0.1) is 0 Å². The van der Waals surface area contributed by atoms with Crippen LogP contribution in [0, 0.1) is 12.8 Å². The second-order valence-electron chi connectivity index (χ2n) is 5.63. The van der Waals surface area contributed by atoms with Gasteiger partial charge in [0.25, 0.3) is 0 Å². The number of aryl methyl sites for hydroxylation is 1. The fraction of sp³-hybridized carbons (Fsp3) is 0.375. The van der Waals surface area contributed by atoms with E-state index in [-0.39, 0.29) is 17.9 Å². The van der Waals surface area contributed by atoms with Crippen molar-refractivity contribution in [3.63, 3.8) is 0 Å². The van der Waals surface area contributed by atoms with Crippen LogP contribution in [-0.2, 0) is 4.79 Å². The number of nitrogens with zero attached hydrogens (tertiary/aromatic N) is 1. The Balaban J connectivity index is 1.77. The number of benzene rings is 1. The Morgan fingerprint density at radius 2 is 2.29 bits per heavy atom. The zero-order chi connectivity index (χ0) is 14.8. The number of anilines is 1. The Labute approximate surface area is 123 Å². The van der Waals surface area contributed by atoms with Crippen molar-refractivity contribution in [3.05, 3.63) is 36.2 Å². The number of nitrogens with two attached hydrogens (primary N) is 1. The Kier molecular flexibility index (Phi) is 3.75. The van der Waals surface area contributed by atoms with Crippen LogP contribution in [-0.4, -0.2) is 16.9 Å². The van der Waals surface area contributed by atoms with Crippen LogP contribution in [0.3, 0.4) is 0 Å². The van der Waals surface area contributed by atoms with Crippen LogP contribution in [0.5, 0.6) is 0 Å². The summed E-state index contributed by atoms with van der Waals surface area (Å²) >= 11 is 0. The van der Waals surface area contributed by atoms with Gasteiger partial charge in [-0.25, -0.2) is 4.98 Å². The van der Waals surface area contributed by atoms with Crippen molar-refractivity contribution in [2.75, 3.05) is 5.32 Å². The second kappa shape index (κ2) is 5.69. The number of hydrogen-bond acceptors (Lipinski definition) is 4. The van der Waals surface area contributed by atoms with E-state index in [2.05, 4.69) is 10.3 Å². The molecule has 1 fully saturated rings. The van der Waals surface area contributed by atoms with E-state index < -0.39 is 0 Å². The molecule has 2 aromatic rings. The number of carbonyl (C=O) groups is 1. The highest BCUT2D eigenvalue weighted by molar-refractivity contribution is 5.93. The van der Waals surface area contributed by atoms with E-state index in [1.165, 1.54) is 0 Å². The summed E-state index contributed by atoms with van der Waals surface area (Å²) in [4.78, 5) is 16.4. The summed E-state index contributed by atoms with van der Waals surface area (Å²) in [5.74, 6) is 0.628. The summed E-state index contributed by atoms with van der Waals surface area (Å²) < 4.78 is 5.33. The topological polar surface area (TPSA) is 81.2 Å². The number of oxazole rings is 1. The SMILES string of the molecule is Cc1ccc(NC(=O)C2CCC(N)C2)cc1-c1ncco1. The second-order valence-corrected chi connectivity index (χ2v) is 5.63. The van der Waals surface area contributed by atoms with Crippen LogP contribution in [0.1, 0.15) is 24.8 Å². The van der Waals surface area contributed by atoms with Crippen molar-refractivity contribution >= 4 is 11.6 Å². The summed E-state index contributed by atoms with van der Waals surface area (Å²) in [7, 11) is 0. The predicted molar refractivity (Wildman–Crippen MR) is 80.6 cm³/mol. The highest BCUT2D eigenvalue weighted by Gasteiger charge is 2.27. The molecular weight excluding hydrogens is 266 g/mol. The molecule has 2 atom stereocenters. The van der Waals surface area contributed by atoms with Crippen molar-refractivity contribution in [1.82, 2.24) is 4.98 Å². The number of aromatic nitrogens is 1. The van der Waals surface area contributed by atoms with Crippen LogP contribution >= 0.6 is 0 Å². The van der Waals surface area contributed by atoms with Gasteiger partial charge >= 0.3 is 0 Å². The van der Waals surface area contributed by atoms with Gasteiger partial charge < -0.3 is 15.5 Å². The van der Waals surface area contributed by atoms with E-state index in [9.17, 15) is 4.79 Å². The molecule has 5 heteroatoms. The first-order valence-electron chi connectivity index (χ1n) is 7.20. The Morgan fingerprint density at radius 1 is 1.43 bits per heavy atom. The lowest BCUT2D eigenvalue weighted by Gasteiger charge is -2.12. The van der Waals surface area contributed by atoms with E-state index >= 15 is 0 Å². The molecule has 5 nitrogen and oxygen atoms in total. The first kappa shape index (κ1) is 13.8. The van der Waals surface area contributed by atoms with Gasteiger partial charge in [-0.05, 0) is 43.9 Å². The van der Waals surface area contributed by atoms with Crippen LogP contribution < -0.4 is 11.1 Å². The Morgan fingerprint density at radius 3 is 2.95 bits per heavy atom. The van der Waals surface area contributed by atoms with Crippen LogP contribution in [0.4, 0.5) is 5.69 Å². The van der Waals surface area contributed by atoms with Crippen LogP contribution in [0.25, 0.3) is 11.5 Å². The summed E-state index contributed by atoms with van der Waals surface area (Å²) in [6.07, 6.45) is 5.71. The normalized spacial score (nSPS) is 21.4. The minimum absolute atomic E-state index is 0.0199. The monoisotopic (exact) mass is 285 g/mol. The van der Waals surface area contributed by atoms with E-state index in [4.69, 9.17) is 10.2 Å². The molecule has 1 aromatic carbocycles. The molecule has 0 aliphatic heterocycles. The molecule has 1 amide bonds. The number of rotatable bonds is 3. The minimum atomic E-state index is 0.0199. The fourth-order valence-electron chi connectivity index (χ4n) is 2.79. The van der Waals surface area contributed by atoms with Crippen molar-refractivity contribution in [2.45, 2.75) is 32.2 Å². The lowest BCUT2D eigenvalue weighted by Crippen LogP contribution is -2.23. The molecular formula is C16H19N3O2. The number of amides is 1. The molecule has 1 aliphatic carbocycles. The zero-order valence-electron chi connectivity index (χ0n) is 12.0. The van der Waals surface area contributed by atoms with Crippen molar-refractivity contribution < 1.29 is 9.21 Å². The molecule has 3 rings (SSSR count). The third kappa shape index (κ3) is 2.97. The molecule has 1 aliphatic rings. The van der Waals surface area contributed by atoms with Gasteiger partial charge in [0, 0.05) is 23.2 Å². The third-order valence-corrected chi connectivity index (χ3v) is 4.01. The van der Waals surface area contributed by atoms with Crippen molar-refractivity contribution in [3.8, 4) is 11.5 Å². The summed E-state index contributed by atoms with van der Waals surface area (Å²) in [5, 5.41) is 2.97. The first-order chi connectivity index (χ1) is 10.1. The highest BCUT2D eigenvalue weighted by atomic mass is 16.3. The molecule has 1 heterocycles. The standard InChI is InChI=1S/C16H19N3O2/c1-10-2-5-13(9-14(10)16-18-6-7-21-16)19-15(20)11-3-4-12(17)8-11/h2,5-7,9,11-12H,3-4,8,17H2,1H3,(H,19,20). The zero-order valence-corrected chi connectivity index (χ0v) is 12.0. The summed E-state index contributed by atoms with van der Waals surface area (Å²) in [6, 6.07) is 5.90. The molecule has 2 unspecified atom stereocenters. The molecule has 110 valence electrons. The average molecular weight is 285 g/mol. The predicted octanol–water partition coefficient (Wildman–Crippen LogP) is 2.72. The maximum absolute atomic E-state index is 12.2. The van der Waals surface area contributed by atoms with Gasteiger partial charge in [0.2, 0.25) is 11.8 Å². The molecule has 1 aromatic heterocycles. The van der Waals surface area contributed by atoms with Gasteiger partial charge in [0.15, 0.2) is 0 Å². The average Bonchev–Trinajstić information content (AvgIpc) is 3.12. The molecule has 0 spiro atoms. The number of carbonyl (C=O) groups excluding carboxylic acids is 1. The molecule has 0 radical (unpaired) electrons. The highest BCUT2D eigenvalue weighted by Crippen LogP contribution is 2.28. The number of hydrogen-bond donors (Lipinski definition) is 2. The van der Waals surface area contributed by atoms with Crippen LogP contribution in [0.2, 0.25) is 0 Å². The van der Waals surface area contributed by atoms with Gasteiger partial charge in [0.1, 0.15) is 6.26 Å². The van der Waals surface area contributed by atoms with Crippen molar-refractivity contribution in [2.24, 2.45) is 11.7 Å². The van der Waals surface area contributed by atoms with Crippen molar-refractivity contribution in [1.29, 1.82) is 0 Å². The van der Waals surface area contributed by atoms with E-state index in [0.717, 1.165) is 36.1 Å². The minimum Gasteiger partial charge on any atom is -0.445 e. The van der Waals surface area contributed by atoms with Gasteiger partial charge in [-0.1, -0.05) is 6.07 Å². The smallest absolute Gasteiger partial charge is 0.227 e. The van der Waals surface area contributed by atoms with Gasteiger partial charge in [-0.2, -0.15) is 0 Å². The Bertz CT molecular complexity index is 637. The lowest BCUT2D eigenvalue weighted by atomic mass is 10.1. The molecule has 21 heavy (non-hydrogen) atoms. The fourth-order valence-corrected chi connectivity index (χ4v) is 2.79.